The topological polar surface area (TPSA) is 20.3 Å². The van der Waals surface area contributed by atoms with E-state index in [2.05, 4.69) is 31.9 Å². The van der Waals surface area contributed by atoms with E-state index >= 15 is 0 Å². The fourth-order valence-electron chi connectivity index (χ4n) is 1.97. The molecule has 1 heterocycles. The highest BCUT2D eigenvalue weighted by molar-refractivity contribution is 9.10. The van der Waals surface area contributed by atoms with Crippen LogP contribution in [-0.2, 0) is 11.0 Å². The standard InChI is InChI=1S/C12H10Br2F3NO/c13-8-4-3-7(12(15,16)17)6-10(8)18-5-1-2-9(14)11(18)19/h3-4,6,9H,1-2,5H2. The van der Waals surface area contributed by atoms with Gasteiger partial charge >= 0.3 is 6.18 Å². The van der Waals surface area contributed by atoms with Crippen molar-refractivity contribution in [2.45, 2.75) is 23.8 Å². The maximum Gasteiger partial charge on any atom is 0.416 e. The Morgan fingerprint density at radius 1 is 1.32 bits per heavy atom. The summed E-state index contributed by atoms with van der Waals surface area (Å²) in [6.45, 7) is 0.431. The van der Waals surface area contributed by atoms with Crippen LogP contribution in [0, 0.1) is 0 Å². The Morgan fingerprint density at radius 2 is 2.00 bits per heavy atom. The molecule has 1 saturated heterocycles. The monoisotopic (exact) mass is 399 g/mol. The van der Waals surface area contributed by atoms with Crippen molar-refractivity contribution in [3.8, 4) is 0 Å². The summed E-state index contributed by atoms with van der Waals surface area (Å²) >= 11 is 6.45. The third-order valence-corrected chi connectivity index (χ3v) is 4.46. The number of carbonyl (C=O) groups excluding carboxylic acids is 1. The number of hydrogen-bond donors (Lipinski definition) is 0. The lowest BCUT2D eigenvalue weighted by molar-refractivity contribution is -0.137. The lowest BCUT2D eigenvalue weighted by Gasteiger charge is -2.31. The molecule has 1 atom stereocenters. The Hall–Kier alpha value is -0.560. The second-order valence-corrected chi connectivity index (χ2v) is 6.22. The lowest BCUT2D eigenvalue weighted by atomic mass is 10.1. The molecule has 0 spiro atoms. The van der Waals surface area contributed by atoms with Crippen LogP contribution in [0.3, 0.4) is 0 Å². The number of benzene rings is 1. The number of piperidine rings is 1. The molecule has 0 aromatic heterocycles. The van der Waals surface area contributed by atoms with Gasteiger partial charge in [0, 0.05) is 11.0 Å². The zero-order chi connectivity index (χ0) is 14.2. The molecule has 1 aliphatic rings. The molecule has 104 valence electrons. The highest BCUT2D eigenvalue weighted by Crippen LogP contribution is 2.37. The minimum absolute atomic E-state index is 0.203. The molecule has 7 heteroatoms. The van der Waals surface area contributed by atoms with E-state index in [0.29, 0.717) is 17.4 Å². The SMILES string of the molecule is O=C1C(Br)CCCN1c1cc(C(F)(F)F)ccc1Br. The van der Waals surface area contributed by atoms with Crippen LogP contribution >= 0.6 is 31.9 Å². The second kappa shape index (κ2) is 5.44. The van der Waals surface area contributed by atoms with Crippen LogP contribution in [0.2, 0.25) is 0 Å². The molecule has 1 unspecified atom stereocenters. The number of hydrogen-bond acceptors (Lipinski definition) is 1. The van der Waals surface area contributed by atoms with E-state index in [1.807, 2.05) is 0 Å². The minimum atomic E-state index is -4.41. The molecule has 0 bridgehead atoms. The molecule has 0 saturated carbocycles. The van der Waals surface area contributed by atoms with Crippen molar-refractivity contribution >= 4 is 43.5 Å². The summed E-state index contributed by atoms with van der Waals surface area (Å²) in [5.41, 5.74) is -0.487. The fraction of sp³-hybridized carbons (Fsp3) is 0.417. The zero-order valence-corrected chi connectivity index (χ0v) is 12.8. The Kier molecular flexibility index (Phi) is 4.25. The fourth-order valence-corrected chi connectivity index (χ4v) is 3.00. The molecule has 0 radical (unpaired) electrons. The first-order valence-electron chi connectivity index (χ1n) is 5.63. The van der Waals surface area contributed by atoms with Gasteiger partial charge in [0.1, 0.15) is 0 Å². The van der Waals surface area contributed by atoms with Gasteiger partial charge in [0.05, 0.1) is 16.1 Å². The summed E-state index contributed by atoms with van der Waals surface area (Å²) in [5, 5.41) is 0. The van der Waals surface area contributed by atoms with Crippen LogP contribution < -0.4 is 4.90 Å². The van der Waals surface area contributed by atoms with Gasteiger partial charge in [-0.25, -0.2) is 0 Å². The Balaban J connectivity index is 2.41. The maximum absolute atomic E-state index is 12.7. The van der Waals surface area contributed by atoms with Crippen LogP contribution in [0.15, 0.2) is 22.7 Å². The molecule has 19 heavy (non-hydrogen) atoms. The largest absolute Gasteiger partial charge is 0.416 e. The molecule has 1 fully saturated rings. The van der Waals surface area contributed by atoms with Crippen molar-refractivity contribution in [1.82, 2.24) is 0 Å². The van der Waals surface area contributed by atoms with Crippen molar-refractivity contribution in [2.75, 3.05) is 11.4 Å². The van der Waals surface area contributed by atoms with E-state index in [9.17, 15) is 18.0 Å². The van der Waals surface area contributed by atoms with E-state index in [-0.39, 0.29) is 16.4 Å². The number of rotatable bonds is 1. The molecule has 0 N–H and O–H groups in total. The van der Waals surface area contributed by atoms with Gasteiger partial charge in [-0.3, -0.25) is 4.79 Å². The molecule has 2 nitrogen and oxygen atoms in total. The van der Waals surface area contributed by atoms with Gasteiger partial charge in [0.15, 0.2) is 0 Å². The van der Waals surface area contributed by atoms with Crippen LogP contribution in [-0.4, -0.2) is 17.3 Å². The molecule has 2 rings (SSSR count). The van der Waals surface area contributed by atoms with Crippen LogP contribution in [0.1, 0.15) is 18.4 Å². The van der Waals surface area contributed by atoms with Crippen molar-refractivity contribution < 1.29 is 18.0 Å². The van der Waals surface area contributed by atoms with Gasteiger partial charge in [-0.1, -0.05) is 15.9 Å². The van der Waals surface area contributed by atoms with Crippen LogP contribution in [0.25, 0.3) is 0 Å². The molecule has 1 aliphatic heterocycles. The number of alkyl halides is 4. The highest BCUT2D eigenvalue weighted by Gasteiger charge is 2.33. The van der Waals surface area contributed by atoms with E-state index in [1.165, 1.54) is 11.0 Å². The van der Waals surface area contributed by atoms with Gasteiger partial charge in [-0.2, -0.15) is 13.2 Å². The second-order valence-electron chi connectivity index (χ2n) is 4.26. The van der Waals surface area contributed by atoms with Crippen molar-refractivity contribution in [2.24, 2.45) is 0 Å². The highest BCUT2D eigenvalue weighted by atomic mass is 79.9. The van der Waals surface area contributed by atoms with Gasteiger partial charge in [0.2, 0.25) is 5.91 Å². The summed E-state index contributed by atoms with van der Waals surface area (Å²) in [6.07, 6.45) is -2.96. The number of anilines is 1. The first-order chi connectivity index (χ1) is 8.80. The smallest absolute Gasteiger partial charge is 0.310 e. The van der Waals surface area contributed by atoms with Gasteiger partial charge in [0.25, 0.3) is 0 Å². The summed E-state index contributed by atoms with van der Waals surface area (Å²) in [6, 6.07) is 3.32. The van der Waals surface area contributed by atoms with Crippen molar-refractivity contribution in [1.29, 1.82) is 0 Å². The average molecular weight is 401 g/mol. The number of carbonyl (C=O) groups is 1. The Bertz CT molecular complexity index is 504. The van der Waals surface area contributed by atoms with E-state index in [0.717, 1.165) is 18.6 Å². The molecule has 1 amide bonds. The maximum atomic E-state index is 12.7. The summed E-state index contributed by atoms with van der Waals surface area (Å²) < 4.78 is 38.6. The summed E-state index contributed by atoms with van der Waals surface area (Å²) in [4.78, 5) is 13.1. The van der Waals surface area contributed by atoms with E-state index < -0.39 is 11.7 Å². The zero-order valence-electron chi connectivity index (χ0n) is 9.68. The Morgan fingerprint density at radius 3 is 2.63 bits per heavy atom. The van der Waals surface area contributed by atoms with Crippen molar-refractivity contribution in [3.63, 3.8) is 0 Å². The number of halogens is 5. The summed E-state index contributed by atoms with van der Waals surface area (Å²) in [5.74, 6) is -0.203. The van der Waals surface area contributed by atoms with Crippen molar-refractivity contribution in [3.05, 3.63) is 28.2 Å². The molecule has 1 aromatic carbocycles. The molecule has 0 aliphatic carbocycles. The van der Waals surface area contributed by atoms with Gasteiger partial charge < -0.3 is 4.90 Å². The van der Waals surface area contributed by atoms with Gasteiger partial charge in [-0.15, -0.1) is 0 Å². The summed E-state index contributed by atoms with van der Waals surface area (Å²) in [7, 11) is 0. The van der Waals surface area contributed by atoms with Gasteiger partial charge in [-0.05, 0) is 47.0 Å². The van der Waals surface area contributed by atoms with E-state index in [4.69, 9.17) is 0 Å². The van der Waals surface area contributed by atoms with Crippen LogP contribution in [0.4, 0.5) is 18.9 Å². The molecular formula is C12H10Br2F3NO. The predicted molar refractivity (Wildman–Crippen MR) is 73.4 cm³/mol. The minimum Gasteiger partial charge on any atom is -0.310 e. The normalized spacial score (nSPS) is 20.8. The van der Waals surface area contributed by atoms with E-state index in [1.54, 1.807) is 0 Å². The quantitative estimate of drug-likeness (QED) is 0.641. The van der Waals surface area contributed by atoms with Crippen LogP contribution in [0.5, 0.6) is 0 Å². The third kappa shape index (κ3) is 3.13. The lowest BCUT2D eigenvalue weighted by Crippen LogP contribution is -2.42. The number of nitrogens with zero attached hydrogens (tertiary/aromatic N) is 1. The first-order valence-corrected chi connectivity index (χ1v) is 7.34. The number of amides is 1. The molecule has 1 aromatic rings. The Labute approximate surface area is 125 Å². The third-order valence-electron chi connectivity index (χ3n) is 2.94. The molecular weight excluding hydrogens is 391 g/mol. The first kappa shape index (κ1) is 14.8. The predicted octanol–water partition coefficient (Wildman–Crippen LogP) is 4.36. The average Bonchev–Trinajstić information content (AvgIpc) is 2.32.